The van der Waals surface area contributed by atoms with Gasteiger partial charge in [-0.2, -0.15) is 0 Å². The third-order valence-corrected chi connectivity index (χ3v) is 8.41. The SMILES string of the molecule is Cc1ccc(C)c(NS(=O)(=O)c2ccc3c(c2)NC(=O)[C@@H](C(=O)N2CCCCCC2)S3)c1. The van der Waals surface area contributed by atoms with Crippen molar-refractivity contribution in [2.75, 3.05) is 23.1 Å². The van der Waals surface area contributed by atoms with Crippen LogP contribution in [-0.2, 0) is 19.6 Å². The number of nitrogens with one attached hydrogen (secondary N) is 2. The number of rotatable bonds is 4. The Hall–Kier alpha value is -2.52. The quantitative estimate of drug-likeness (QED) is 0.656. The molecule has 0 bridgehead atoms. The molecule has 2 N–H and O–H groups in total. The fourth-order valence-corrected chi connectivity index (χ4v) is 6.13. The van der Waals surface area contributed by atoms with Gasteiger partial charge < -0.3 is 10.2 Å². The van der Waals surface area contributed by atoms with Crippen LogP contribution in [0, 0.1) is 13.8 Å². The van der Waals surface area contributed by atoms with Crippen LogP contribution in [0.4, 0.5) is 11.4 Å². The highest BCUT2D eigenvalue weighted by Crippen LogP contribution is 2.38. The van der Waals surface area contributed by atoms with Crippen molar-refractivity contribution in [2.45, 2.75) is 54.6 Å². The third-order valence-electron chi connectivity index (χ3n) is 5.78. The molecule has 0 spiro atoms. The molecule has 4 rings (SSSR count). The van der Waals surface area contributed by atoms with Gasteiger partial charge in [0.2, 0.25) is 11.8 Å². The summed E-state index contributed by atoms with van der Waals surface area (Å²) in [6, 6.07) is 10.2. The molecule has 0 unspecified atom stereocenters. The Bertz CT molecular complexity index is 1160. The third kappa shape index (κ3) is 4.78. The van der Waals surface area contributed by atoms with Crippen molar-refractivity contribution in [3.63, 3.8) is 0 Å². The summed E-state index contributed by atoms with van der Waals surface area (Å²) in [5.41, 5.74) is 2.69. The first kappa shape index (κ1) is 22.7. The molecule has 0 aromatic heterocycles. The molecule has 2 aromatic carbocycles. The lowest BCUT2D eigenvalue weighted by Gasteiger charge is -2.29. The number of amides is 2. The highest BCUT2D eigenvalue weighted by molar-refractivity contribution is 8.01. The monoisotopic (exact) mass is 473 g/mol. The van der Waals surface area contributed by atoms with E-state index < -0.39 is 21.2 Å². The van der Waals surface area contributed by atoms with Crippen LogP contribution in [0.25, 0.3) is 0 Å². The molecule has 0 saturated carbocycles. The summed E-state index contributed by atoms with van der Waals surface area (Å²) >= 11 is 1.18. The number of anilines is 2. The van der Waals surface area contributed by atoms with Gasteiger partial charge in [-0.05, 0) is 62.1 Å². The van der Waals surface area contributed by atoms with Gasteiger partial charge in [-0.3, -0.25) is 14.3 Å². The number of sulfonamides is 1. The Balaban J connectivity index is 1.54. The number of nitrogens with zero attached hydrogens (tertiary/aromatic N) is 1. The number of hydrogen-bond donors (Lipinski definition) is 2. The normalized spacial score (nSPS) is 19.0. The maximum Gasteiger partial charge on any atom is 0.261 e. The minimum absolute atomic E-state index is 0.0513. The molecule has 0 aliphatic carbocycles. The molecule has 2 aromatic rings. The predicted octanol–water partition coefficient (Wildman–Crippen LogP) is 3.92. The van der Waals surface area contributed by atoms with Crippen molar-refractivity contribution in [1.82, 2.24) is 4.90 Å². The molecule has 1 saturated heterocycles. The summed E-state index contributed by atoms with van der Waals surface area (Å²) in [7, 11) is -3.84. The largest absolute Gasteiger partial charge is 0.341 e. The number of carbonyl (C=O) groups is 2. The van der Waals surface area contributed by atoms with Gasteiger partial charge in [0.1, 0.15) is 0 Å². The summed E-state index contributed by atoms with van der Waals surface area (Å²) in [4.78, 5) is 28.2. The molecule has 2 aliphatic heterocycles. The Morgan fingerprint density at radius 1 is 1.06 bits per heavy atom. The van der Waals surface area contributed by atoms with E-state index in [-0.39, 0.29) is 10.8 Å². The second-order valence-corrected chi connectivity index (χ2v) is 11.1. The summed E-state index contributed by atoms with van der Waals surface area (Å²) < 4.78 is 28.5. The first-order valence-electron chi connectivity index (χ1n) is 10.7. The minimum Gasteiger partial charge on any atom is -0.341 e. The van der Waals surface area contributed by atoms with E-state index in [1.807, 2.05) is 26.0 Å². The lowest BCUT2D eigenvalue weighted by Crippen LogP contribution is -2.45. The van der Waals surface area contributed by atoms with E-state index >= 15 is 0 Å². The number of carbonyl (C=O) groups excluding carboxylic acids is 2. The lowest BCUT2D eigenvalue weighted by atomic mass is 10.1. The smallest absolute Gasteiger partial charge is 0.261 e. The van der Waals surface area contributed by atoms with E-state index in [1.165, 1.54) is 23.9 Å². The molecule has 1 atom stereocenters. The maximum absolute atomic E-state index is 13.0. The van der Waals surface area contributed by atoms with Crippen molar-refractivity contribution in [3.8, 4) is 0 Å². The van der Waals surface area contributed by atoms with Gasteiger partial charge in [0.15, 0.2) is 5.25 Å². The van der Waals surface area contributed by atoms with Crippen LogP contribution in [0.3, 0.4) is 0 Å². The van der Waals surface area contributed by atoms with Crippen molar-refractivity contribution >= 4 is 45.0 Å². The summed E-state index contributed by atoms with van der Waals surface area (Å²) in [5, 5.41) is 1.89. The highest BCUT2D eigenvalue weighted by atomic mass is 32.2. The Labute approximate surface area is 193 Å². The van der Waals surface area contributed by atoms with Gasteiger partial charge in [-0.15, -0.1) is 11.8 Å². The molecule has 2 amide bonds. The average Bonchev–Trinajstić information content (AvgIpc) is 3.04. The van der Waals surface area contributed by atoms with E-state index in [9.17, 15) is 18.0 Å². The second-order valence-electron chi connectivity index (χ2n) is 8.31. The van der Waals surface area contributed by atoms with Gasteiger partial charge >= 0.3 is 0 Å². The molecular weight excluding hydrogens is 446 g/mol. The van der Waals surface area contributed by atoms with Gasteiger partial charge in [0, 0.05) is 18.0 Å². The van der Waals surface area contributed by atoms with Crippen LogP contribution >= 0.6 is 11.8 Å². The number of thioether (sulfide) groups is 1. The Morgan fingerprint density at radius 3 is 2.50 bits per heavy atom. The molecule has 1 fully saturated rings. The first-order chi connectivity index (χ1) is 15.2. The lowest BCUT2D eigenvalue weighted by molar-refractivity contribution is -0.133. The molecule has 32 heavy (non-hydrogen) atoms. The summed E-state index contributed by atoms with van der Waals surface area (Å²) in [5.74, 6) is -0.581. The zero-order valence-corrected chi connectivity index (χ0v) is 19.8. The van der Waals surface area contributed by atoms with Gasteiger partial charge in [-0.1, -0.05) is 25.0 Å². The van der Waals surface area contributed by atoms with Crippen molar-refractivity contribution in [2.24, 2.45) is 0 Å². The molecule has 2 aliphatic rings. The second kappa shape index (κ2) is 9.15. The number of aryl methyl sites for hydroxylation is 2. The van der Waals surface area contributed by atoms with Crippen molar-refractivity contribution in [1.29, 1.82) is 0 Å². The van der Waals surface area contributed by atoms with E-state index in [0.717, 1.165) is 36.8 Å². The van der Waals surface area contributed by atoms with Crippen LogP contribution < -0.4 is 10.0 Å². The predicted molar refractivity (Wildman–Crippen MR) is 126 cm³/mol. The fourth-order valence-electron chi connectivity index (χ4n) is 3.92. The minimum atomic E-state index is -3.84. The summed E-state index contributed by atoms with van der Waals surface area (Å²) in [6.07, 6.45) is 4.11. The fraction of sp³-hybridized carbons (Fsp3) is 0.391. The number of fused-ring (bicyclic) bond motifs is 1. The standard InChI is InChI=1S/C23H27N3O4S2/c1-15-7-8-16(2)18(13-15)25-32(29,30)17-9-10-20-19(14-17)24-22(27)21(31-20)23(28)26-11-5-3-4-6-12-26/h7-10,13-14,21,25H,3-6,11-12H2,1-2H3,(H,24,27)/t21-/m0/s1. The van der Waals surface area contributed by atoms with E-state index in [1.54, 1.807) is 17.0 Å². The van der Waals surface area contributed by atoms with Gasteiger partial charge in [0.05, 0.1) is 16.3 Å². The maximum atomic E-state index is 13.0. The zero-order valence-electron chi connectivity index (χ0n) is 18.2. The Morgan fingerprint density at radius 2 is 1.78 bits per heavy atom. The van der Waals surface area contributed by atoms with E-state index in [4.69, 9.17) is 0 Å². The van der Waals surface area contributed by atoms with Crippen molar-refractivity contribution < 1.29 is 18.0 Å². The van der Waals surface area contributed by atoms with Crippen LogP contribution in [0.2, 0.25) is 0 Å². The first-order valence-corrected chi connectivity index (χ1v) is 13.1. The van der Waals surface area contributed by atoms with Crippen LogP contribution in [-0.4, -0.2) is 43.5 Å². The molecule has 9 heteroatoms. The highest BCUT2D eigenvalue weighted by Gasteiger charge is 2.36. The topological polar surface area (TPSA) is 95.6 Å². The molecule has 2 heterocycles. The zero-order chi connectivity index (χ0) is 22.9. The van der Waals surface area contributed by atoms with Crippen LogP contribution in [0.1, 0.15) is 36.8 Å². The molecule has 7 nitrogen and oxygen atoms in total. The average molecular weight is 474 g/mol. The van der Waals surface area contributed by atoms with Gasteiger partial charge in [-0.25, -0.2) is 8.42 Å². The van der Waals surface area contributed by atoms with Crippen LogP contribution in [0.15, 0.2) is 46.2 Å². The number of likely N-dealkylation sites (tertiary alicyclic amines) is 1. The number of benzene rings is 2. The molecule has 170 valence electrons. The van der Waals surface area contributed by atoms with E-state index in [2.05, 4.69) is 10.0 Å². The molecule has 0 radical (unpaired) electrons. The number of hydrogen-bond acceptors (Lipinski definition) is 5. The van der Waals surface area contributed by atoms with Gasteiger partial charge in [0.25, 0.3) is 10.0 Å². The summed E-state index contributed by atoms with van der Waals surface area (Å²) in [6.45, 7) is 5.09. The molecular formula is C23H27N3O4S2. The van der Waals surface area contributed by atoms with Crippen molar-refractivity contribution in [3.05, 3.63) is 47.5 Å². The Kier molecular flexibility index (Phi) is 6.48. The van der Waals surface area contributed by atoms with E-state index in [0.29, 0.717) is 29.4 Å². The van der Waals surface area contributed by atoms with Crippen LogP contribution in [0.5, 0.6) is 0 Å².